The lowest BCUT2D eigenvalue weighted by atomic mass is 10.2. The molecule has 0 saturated heterocycles. The highest BCUT2D eigenvalue weighted by atomic mass is 16.5. The van der Waals surface area contributed by atoms with Crippen molar-refractivity contribution in [2.45, 2.75) is 45.7 Å². The maximum atomic E-state index is 11.5. The van der Waals surface area contributed by atoms with Crippen molar-refractivity contribution in [2.75, 3.05) is 6.61 Å². The second-order valence-electron chi connectivity index (χ2n) is 4.55. The summed E-state index contributed by atoms with van der Waals surface area (Å²) in [6.07, 6.45) is 2.42. The van der Waals surface area contributed by atoms with Crippen LogP contribution in [0.5, 0.6) is 0 Å². The average Bonchev–Trinajstić information content (AvgIpc) is 2.38. The summed E-state index contributed by atoms with van der Waals surface area (Å²) in [5.74, 6) is -0.114. The normalized spacial score (nSPS) is 12.1. The number of hydrogen-bond donors (Lipinski definition) is 1. The zero-order chi connectivity index (χ0) is 13.2. The molecule has 1 aromatic carbocycles. The monoisotopic (exact) mass is 249 g/mol. The summed E-state index contributed by atoms with van der Waals surface area (Å²) in [7, 11) is 0. The van der Waals surface area contributed by atoms with Gasteiger partial charge in [-0.25, -0.2) is 0 Å². The molecule has 0 aliphatic rings. The maximum absolute atomic E-state index is 11.5. The number of nitrogens with one attached hydrogen (secondary N) is 1. The van der Waals surface area contributed by atoms with Crippen molar-refractivity contribution in [3.8, 4) is 0 Å². The summed E-state index contributed by atoms with van der Waals surface area (Å²) in [5, 5.41) is 3.32. The van der Waals surface area contributed by atoms with Crippen molar-refractivity contribution in [2.24, 2.45) is 0 Å². The van der Waals surface area contributed by atoms with E-state index in [1.807, 2.05) is 25.1 Å². The molecule has 1 N–H and O–H groups in total. The topological polar surface area (TPSA) is 38.3 Å². The predicted molar refractivity (Wildman–Crippen MR) is 73.2 cm³/mol. The summed E-state index contributed by atoms with van der Waals surface area (Å²) < 4.78 is 5.13. The van der Waals surface area contributed by atoms with Gasteiger partial charge in [-0.1, -0.05) is 43.7 Å². The van der Waals surface area contributed by atoms with Gasteiger partial charge in [0.2, 0.25) is 0 Å². The summed E-state index contributed by atoms with van der Waals surface area (Å²) in [5.41, 5.74) is 1.23. The molecule has 0 radical (unpaired) electrons. The zero-order valence-corrected chi connectivity index (χ0v) is 11.3. The van der Waals surface area contributed by atoms with Gasteiger partial charge in [0.15, 0.2) is 0 Å². The first kappa shape index (κ1) is 14.7. The minimum Gasteiger partial charge on any atom is -0.466 e. The van der Waals surface area contributed by atoms with Crippen LogP contribution in [0.1, 0.15) is 38.7 Å². The molecule has 0 saturated carbocycles. The molecule has 18 heavy (non-hydrogen) atoms. The Kier molecular flexibility index (Phi) is 7.11. The Morgan fingerprint density at radius 1 is 1.33 bits per heavy atom. The Hall–Kier alpha value is -1.35. The van der Waals surface area contributed by atoms with E-state index in [0.29, 0.717) is 13.0 Å². The van der Waals surface area contributed by atoms with Crippen molar-refractivity contribution in [1.29, 1.82) is 0 Å². The molecule has 0 aliphatic carbocycles. The lowest BCUT2D eigenvalue weighted by molar-refractivity contribution is -0.144. The highest BCUT2D eigenvalue weighted by molar-refractivity contribution is 5.70. The number of esters is 1. The van der Waals surface area contributed by atoms with E-state index in [2.05, 4.69) is 24.4 Å². The number of carbonyl (C=O) groups excluding carboxylic acids is 1. The molecule has 1 atom stereocenters. The van der Waals surface area contributed by atoms with Crippen molar-refractivity contribution in [3.63, 3.8) is 0 Å². The molecule has 0 aromatic heterocycles. The van der Waals surface area contributed by atoms with Gasteiger partial charge in [-0.15, -0.1) is 0 Å². The second kappa shape index (κ2) is 8.70. The number of hydrogen-bond acceptors (Lipinski definition) is 3. The van der Waals surface area contributed by atoms with E-state index in [0.717, 1.165) is 19.4 Å². The van der Waals surface area contributed by atoms with Gasteiger partial charge in [0, 0.05) is 12.6 Å². The summed E-state index contributed by atoms with van der Waals surface area (Å²) in [6, 6.07) is 10.3. The van der Waals surface area contributed by atoms with Crippen LogP contribution in [0, 0.1) is 0 Å². The van der Waals surface area contributed by atoms with E-state index in [1.54, 1.807) is 0 Å². The van der Waals surface area contributed by atoms with Crippen LogP contribution in [0.15, 0.2) is 30.3 Å². The third-order valence-electron chi connectivity index (χ3n) is 2.73. The lowest BCUT2D eigenvalue weighted by Gasteiger charge is -2.13. The van der Waals surface area contributed by atoms with E-state index >= 15 is 0 Å². The van der Waals surface area contributed by atoms with Crippen LogP contribution in [0.4, 0.5) is 0 Å². The number of unbranched alkanes of at least 4 members (excludes halogenated alkanes) is 1. The predicted octanol–water partition coefficient (Wildman–Crippen LogP) is 2.90. The first-order chi connectivity index (χ1) is 8.72. The average molecular weight is 249 g/mol. The molecule has 1 aromatic rings. The highest BCUT2D eigenvalue weighted by Gasteiger charge is 2.09. The fraction of sp³-hybridized carbons (Fsp3) is 0.533. The van der Waals surface area contributed by atoms with E-state index in [9.17, 15) is 4.79 Å². The van der Waals surface area contributed by atoms with Crippen LogP contribution >= 0.6 is 0 Å². The summed E-state index contributed by atoms with van der Waals surface area (Å²) in [6.45, 7) is 5.41. The first-order valence-corrected chi connectivity index (χ1v) is 6.65. The van der Waals surface area contributed by atoms with Gasteiger partial charge in [0.05, 0.1) is 13.0 Å². The largest absolute Gasteiger partial charge is 0.466 e. The fourth-order valence-corrected chi connectivity index (χ4v) is 1.60. The molecule has 0 bridgehead atoms. The van der Waals surface area contributed by atoms with Crippen molar-refractivity contribution >= 4 is 5.97 Å². The summed E-state index contributed by atoms with van der Waals surface area (Å²) >= 11 is 0. The molecule has 1 rings (SSSR count). The molecular weight excluding hydrogens is 226 g/mol. The van der Waals surface area contributed by atoms with Gasteiger partial charge in [-0.3, -0.25) is 4.79 Å². The van der Waals surface area contributed by atoms with Gasteiger partial charge in [0.1, 0.15) is 0 Å². The van der Waals surface area contributed by atoms with Crippen LogP contribution in [0.2, 0.25) is 0 Å². The van der Waals surface area contributed by atoms with Crippen LogP contribution in [0.25, 0.3) is 0 Å². The molecule has 1 unspecified atom stereocenters. The Bertz CT molecular complexity index is 338. The summed E-state index contributed by atoms with van der Waals surface area (Å²) in [4.78, 5) is 11.5. The standard InChI is InChI=1S/C15H23NO2/c1-3-4-10-18-15(17)11-13(2)16-12-14-8-6-5-7-9-14/h5-9,13,16H,3-4,10-12H2,1-2H3. The van der Waals surface area contributed by atoms with E-state index in [-0.39, 0.29) is 12.0 Å². The van der Waals surface area contributed by atoms with E-state index in [1.165, 1.54) is 5.56 Å². The Labute approximate surface area is 110 Å². The fourth-order valence-electron chi connectivity index (χ4n) is 1.60. The van der Waals surface area contributed by atoms with Crippen LogP contribution in [-0.4, -0.2) is 18.6 Å². The molecule has 0 aliphatic heterocycles. The molecule has 0 heterocycles. The minimum absolute atomic E-state index is 0.114. The third-order valence-corrected chi connectivity index (χ3v) is 2.73. The zero-order valence-electron chi connectivity index (χ0n) is 11.3. The molecule has 0 fully saturated rings. The number of carbonyl (C=O) groups is 1. The second-order valence-corrected chi connectivity index (χ2v) is 4.55. The molecular formula is C15H23NO2. The Morgan fingerprint density at radius 3 is 2.72 bits per heavy atom. The third kappa shape index (κ3) is 6.40. The van der Waals surface area contributed by atoms with Crippen LogP contribution in [0.3, 0.4) is 0 Å². The molecule has 3 heteroatoms. The van der Waals surface area contributed by atoms with Gasteiger partial charge >= 0.3 is 5.97 Å². The van der Waals surface area contributed by atoms with E-state index in [4.69, 9.17) is 4.74 Å². The Balaban J connectivity index is 2.17. The van der Waals surface area contributed by atoms with Gasteiger partial charge in [-0.2, -0.15) is 0 Å². The lowest BCUT2D eigenvalue weighted by Crippen LogP contribution is -2.28. The molecule has 3 nitrogen and oxygen atoms in total. The van der Waals surface area contributed by atoms with Crippen LogP contribution in [-0.2, 0) is 16.1 Å². The molecule has 0 spiro atoms. The van der Waals surface area contributed by atoms with Gasteiger partial charge in [0.25, 0.3) is 0 Å². The van der Waals surface area contributed by atoms with E-state index < -0.39 is 0 Å². The smallest absolute Gasteiger partial charge is 0.307 e. The number of rotatable bonds is 8. The van der Waals surface area contributed by atoms with Gasteiger partial charge in [-0.05, 0) is 18.9 Å². The molecule has 100 valence electrons. The van der Waals surface area contributed by atoms with Crippen molar-refractivity contribution in [3.05, 3.63) is 35.9 Å². The first-order valence-electron chi connectivity index (χ1n) is 6.65. The molecule has 0 amide bonds. The SMILES string of the molecule is CCCCOC(=O)CC(C)NCc1ccccc1. The quantitative estimate of drug-likeness (QED) is 0.568. The van der Waals surface area contributed by atoms with Crippen LogP contribution < -0.4 is 5.32 Å². The Morgan fingerprint density at radius 2 is 2.06 bits per heavy atom. The van der Waals surface area contributed by atoms with Crippen molar-refractivity contribution < 1.29 is 9.53 Å². The minimum atomic E-state index is -0.114. The number of benzene rings is 1. The highest BCUT2D eigenvalue weighted by Crippen LogP contribution is 2.01. The van der Waals surface area contributed by atoms with Crippen molar-refractivity contribution in [1.82, 2.24) is 5.32 Å². The maximum Gasteiger partial charge on any atom is 0.307 e. The van der Waals surface area contributed by atoms with Gasteiger partial charge < -0.3 is 10.1 Å². The number of ether oxygens (including phenoxy) is 1.